The van der Waals surface area contributed by atoms with Gasteiger partial charge < -0.3 is 34.4 Å². The lowest BCUT2D eigenvalue weighted by atomic mass is 9.85. The van der Waals surface area contributed by atoms with Crippen LogP contribution in [-0.2, 0) is 77.3 Å². The average Bonchev–Trinajstić information content (AvgIpc) is 4.26. The van der Waals surface area contributed by atoms with Crippen LogP contribution in [0.4, 0.5) is 4.79 Å². The maximum atomic E-state index is 13.6. The average molecular weight is 1110 g/mol. The van der Waals surface area contributed by atoms with Crippen LogP contribution >= 0.6 is 37.2 Å². The highest BCUT2D eigenvalue weighted by molar-refractivity contribution is 6.12. The summed E-state index contributed by atoms with van der Waals surface area (Å²) >= 11 is 0. The minimum absolute atomic E-state index is 0. The zero-order valence-electron chi connectivity index (χ0n) is 45.1. The smallest absolute Gasteiger partial charge is 0.407 e. The van der Waals surface area contributed by atoms with Crippen LogP contribution in [-0.4, -0.2) is 66.6 Å². The molecule has 6 aromatic rings. The molecule has 2 fully saturated rings. The lowest BCUT2D eigenvalue weighted by molar-refractivity contribution is -0.733. The number of aromatic nitrogens is 6. The topological polar surface area (TPSA) is 179 Å². The SMILES string of the molecule is Cc1n(CC2CCc3c(c4ccccc4n3C)C2=O)cc[n+]1COC(=O)C1(CN)CCCC1.Cc1n(CC2CCc3c(c4ccccc4n3C)C2=O)cc[n+]1COC(=O)C1(CNC(=O)OC(C)(C)C)CCCC1.Cl.Cl.Cl. The Hall–Kier alpha value is -5.68. The number of ether oxygens (including phenoxy) is 3. The fourth-order valence-corrected chi connectivity index (χ4v) is 12.1. The van der Waals surface area contributed by atoms with Gasteiger partial charge in [0.2, 0.25) is 13.5 Å². The molecule has 3 N–H and O–H groups in total. The lowest BCUT2D eigenvalue weighted by Crippen LogP contribution is -2.46. The number of ketones is 2. The molecule has 2 atom stereocenters. The number of nitrogens with zero attached hydrogens (tertiary/aromatic N) is 6. The van der Waals surface area contributed by atoms with Crippen molar-refractivity contribution in [2.24, 2.45) is 42.5 Å². The second-order valence-electron chi connectivity index (χ2n) is 22.1. The molecule has 0 spiro atoms. The van der Waals surface area contributed by atoms with Gasteiger partial charge in [0.15, 0.2) is 11.6 Å². The van der Waals surface area contributed by atoms with Crippen LogP contribution in [0.25, 0.3) is 21.8 Å². The van der Waals surface area contributed by atoms with Gasteiger partial charge in [0.05, 0.1) is 22.7 Å². The Bertz CT molecular complexity index is 3080. The number of imidazole rings is 2. The number of hydrogen-bond donors (Lipinski definition) is 2. The number of hydrogen-bond acceptors (Lipinski definition) is 9. The second-order valence-corrected chi connectivity index (χ2v) is 22.1. The molecule has 4 aliphatic carbocycles. The van der Waals surface area contributed by atoms with E-state index in [9.17, 15) is 24.0 Å². The van der Waals surface area contributed by atoms with Crippen molar-refractivity contribution in [3.8, 4) is 0 Å². The molecule has 0 radical (unpaired) electrons. The van der Waals surface area contributed by atoms with Crippen molar-refractivity contribution in [1.82, 2.24) is 23.6 Å². The van der Waals surface area contributed by atoms with Crippen LogP contribution in [0, 0.1) is 36.5 Å². The summed E-state index contributed by atoms with van der Waals surface area (Å²) in [5.74, 6) is 1.64. The number of nitrogens with two attached hydrogens (primary N) is 1. The summed E-state index contributed by atoms with van der Waals surface area (Å²) in [7, 11) is 4.09. The van der Waals surface area contributed by atoms with Crippen LogP contribution in [0.1, 0.15) is 129 Å². The first-order valence-electron chi connectivity index (χ1n) is 26.3. The van der Waals surface area contributed by atoms with E-state index < -0.39 is 22.5 Å². The van der Waals surface area contributed by atoms with Crippen LogP contribution in [0.15, 0.2) is 73.3 Å². The van der Waals surface area contributed by atoms with Gasteiger partial charge in [-0.15, -0.1) is 37.2 Å². The predicted octanol–water partition coefficient (Wildman–Crippen LogP) is 8.91. The number of carbonyl (C=O) groups excluding carboxylic acids is 5. The van der Waals surface area contributed by atoms with Gasteiger partial charge in [0.25, 0.3) is 11.6 Å². The molecule has 1 amide bonds. The number of amides is 1. The van der Waals surface area contributed by atoms with E-state index in [1.807, 2.05) is 106 Å². The standard InChI is InChI=1S/C31H40N4O5.C26H33N4O3.3ClH/c1-21-34(18-22-12-13-25-26(27(22)36)23-10-6-7-11-24(23)33(25)5)16-17-35(21)20-39-28(37)31(14-8-9-15-31)19-32-29(38)40-30(2,3)4;1-18-29(13-14-30(18)17-33-25(32)26(16-27)11-5-6-12-26)15-19-9-10-22-23(24(19)31)20-7-3-4-8-21(20)28(22)2;;;/h6-7,10-11,16-17,22H,8-9,12-15,18-20H2,1-5H3;3-4,7-8,13-14,19H,5-6,9-12,15-17,27H2,1-2H3;3*1H/q;+1;;;/p+1. The van der Waals surface area contributed by atoms with E-state index in [-0.39, 0.29) is 92.6 Å². The summed E-state index contributed by atoms with van der Waals surface area (Å²) in [5.41, 5.74) is 10.3. The number of nitrogens with one attached hydrogen (secondary N) is 1. The third kappa shape index (κ3) is 11.8. The Balaban J connectivity index is 0.000000241. The first-order valence-corrected chi connectivity index (χ1v) is 26.3. The number of esters is 2. The third-order valence-electron chi connectivity index (χ3n) is 16.5. The van der Waals surface area contributed by atoms with E-state index in [0.29, 0.717) is 32.5 Å². The first-order chi connectivity index (χ1) is 34.9. The molecule has 2 saturated carbocycles. The molecular formula is C57H77Cl3N8O8+2. The van der Waals surface area contributed by atoms with E-state index in [0.717, 1.165) is 120 Å². The van der Waals surface area contributed by atoms with Crippen LogP contribution in [0.3, 0.4) is 0 Å². The van der Waals surface area contributed by atoms with Gasteiger partial charge in [0.1, 0.15) is 43.5 Å². The van der Waals surface area contributed by atoms with Gasteiger partial charge in [-0.2, -0.15) is 9.13 Å². The maximum absolute atomic E-state index is 13.6. The number of Topliss-reactive ketones (excluding diaryl/α,β-unsaturated/α-hetero) is 2. The molecule has 4 aliphatic rings. The van der Waals surface area contributed by atoms with Crippen molar-refractivity contribution in [2.45, 2.75) is 144 Å². The van der Waals surface area contributed by atoms with Gasteiger partial charge in [-0.3, -0.25) is 19.2 Å². The number of aryl methyl sites for hydroxylation is 2. The molecule has 4 heterocycles. The predicted molar refractivity (Wildman–Crippen MR) is 296 cm³/mol. The van der Waals surface area contributed by atoms with Crippen molar-refractivity contribution >= 4 is 88.6 Å². The lowest BCUT2D eigenvalue weighted by Gasteiger charge is -2.27. The number of para-hydroxylation sites is 2. The highest BCUT2D eigenvalue weighted by Crippen LogP contribution is 2.40. The highest BCUT2D eigenvalue weighted by atomic mass is 35.5. The molecule has 2 aromatic carbocycles. The number of fused-ring (bicyclic) bond motifs is 6. The number of alkyl carbamates (subject to hydrolysis) is 1. The van der Waals surface area contributed by atoms with E-state index in [4.69, 9.17) is 19.9 Å². The maximum Gasteiger partial charge on any atom is 0.407 e. The van der Waals surface area contributed by atoms with Crippen LogP contribution in [0.5, 0.6) is 0 Å². The summed E-state index contributed by atoms with van der Waals surface area (Å²) in [6.45, 7) is 11.4. The summed E-state index contributed by atoms with van der Waals surface area (Å²) in [6, 6.07) is 16.3. The molecule has 0 bridgehead atoms. The third-order valence-corrected chi connectivity index (χ3v) is 16.5. The fraction of sp³-hybridized carbons (Fsp3) is 0.526. The summed E-state index contributed by atoms with van der Waals surface area (Å²) < 4.78 is 29.1. The summed E-state index contributed by atoms with van der Waals surface area (Å²) in [5, 5.41) is 4.86. The molecule has 0 saturated heterocycles. The Morgan fingerprint density at radius 2 is 1.08 bits per heavy atom. The monoisotopic (exact) mass is 1110 g/mol. The minimum atomic E-state index is -0.737. The first kappa shape index (κ1) is 59.6. The number of benzene rings is 2. The summed E-state index contributed by atoms with van der Waals surface area (Å²) in [4.78, 5) is 65.3. The number of carbonyl (C=O) groups is 5. The van der Waals surface area contributed by atoms with E-state index >= 15 is 0 Å². The largest absolute Gasteiger partial charge is 0.444 e. The van der Waals surface area contributed by atoms with Crippen LogP contribution < -0.4 is 20.2 Å². The highest BCUT2D eigenvalue weighted by Gasteiger charge is 2.44. The second kappa shape index (κ2) is 24.3. The van der Waals surface area contributed by atoms with Crippen molar-refractivity contribution < 1.29 is 47.3 Å². The van der Waals surface area contributed by atoms with E-state index in [2.05, 4.69) is 48.8 Å². The van der Waals surface area contributed by atoms with Gasteiger partial charge in [-0.1, -0.05) is 62.1 Å². The molecule has 4 aromatic heterocycles. The van der Waals surface area contributed by atoms with Crippen molar-refractivity contribution in [3.05, 3.63) is 107 Å². The number of halogens is 3. The zero-order valence-corrected chi connectivity index (χ0v) is 47.5. The normalized spacial score (nSPS) is 18.3. The Kier molecular flexibility index (Phi) is 19.1. The van der Waals surface area contributed by atoms with Crippen molar-refractivity contribution in [3.63, 3.8) is 0 Å². The zero-order chi connectivity index (χ0) is 51.8. The Morgan fingerprint density at radius 1 is 0.671 bits per heavy atom. The molecule has 76 heavy (non-hydrogen) atoms. The minimum Gasteiger partial charge on any atom is -0.444 e. The van der Waals surface area contributed by atoms with Crippen molar-refractivity contribution in [1.29, 1.82) is 0 Å². The molecule has 16 nitrogen and oxygen atoms in total. The Morgan fingerprint density at radius 3 is 1.50 bits per heavy atom. The summed E-state index contributed by atoms with van der Waals surface area (Å²) in [6.07, 6.45) is 17.5. The molecule has 19 heteroatoms. The quantitative estimate of drug-likeness (QED) is 0.0649. The molecule has 412 valence electrons. The molecule has 2 unspecified atom stereocenters. The molecule has 10 rings (SSSR count). The van der Waals surface area contributed by atoms with Gasteiger partial charge in [-0.25, -0.2) is 13.9 Å². The molecule has 0 aliphatic heterocycles. The van der Waals surface area contributed by atoms with Crippen molar-refractivity contribution in [2.75, 3.05) is 13.1 Å². The van der Waals surface area contributed by atoms with Crippen LogP contribution in [0.2, 0.25) is 0 Å². The number of rotatable bonds is 13. The molecular weight excluding hydrogens is 1030 g/mol. The van der Waals surface area contributed by atoms with Gasteiger partial charge >= 0.3 is 18.0 Å². The van der Waals surface area contributed by atoms with Gasteiger partial charge in [0, 0.05) is 85.4 Å². The van der Waals surface area contributed by atoms with E-state index in [1.54, 1.807) is 0 Å². The Labute approximate surface area is 464 Å². The van der Waals surface area contributed by atoms with E-state index in [1.165, 1.54) is 0 Å². The fourth-order valence-electron chi connectivity index (χ4n) is 12.1. The van der Waals surface area contributed by atoms with Gasteiger partial charge in [-0.05, 0) is 84.3 Å².